The number of amides is 1. The van der Waals surface area contributed by atoms with Crippen LogP contribution in [-0.4, -0.2) is 59.8 Å². The molecule has 1 fully saturated rings. The number of rotatable bonds is 7. The normalized spacial score (nSPS) is 20.5. The number of hydrogen-bond donors (Lipinski definition) is 1. The minimum absolute atomic E-state index is 0.00172. The van der Waals surface area contributed by atoms with E-state index in [1.54, 1.807) is 19.5 Å². The van der Waals surface area contributed by atoms with Crippen LogP contribution in [0.3, 0.4) is 0 Å². The molecule has 2 aromatic rings. The molecule has 3 heterocycles. The zero-order chi connectivity index (χ0) is 16.8. The standard InChI is InChI=1S/C18H23N3O3/c1-23-10-11-24-17-6-9-21(18(22)15-5-3-8-20-15)16(17)12-14-4-2-7-19-13-14/h2-5,7-8,13,16-17,20H,6,9-12H2,1H3/t16-,17-/m0/s1. The van der Waals surface area contributed by atoms with Gasteiger partial charge in [0, 0.05) is 32.2 Å². The lowest BCUT2D eigenvalue weighted by molar-refractivity contribution is 0.000415. The van der Waals surface area contributed by atoms with Crippen LogP contribution in [0.4, 0.5) is 0 Å². The Balaban J connectivity index is 1.75. The minimum Gasteiger partial charge on any atom is -0.382 e. The molecule has 1 aliphatic rings. The van der Waals surface area contributed by atoms with E-state index in [4.69, 9.17) is 9.47 Å². The average Bonchev–Trinajstić information content (AvgIpc) is 3.26. The summed E-state index contributed by atoms with van der Waals surface area (Å²) in [6.45, 7) is 1.79. The molecule has 1 aliphatic heterocycles. The van der Waals surface area contributed by atoms with Gasteiger partial charge in [-0.2, -0.15) is 0 Å². The Morgan fingerprint density at radius 3 is 3.00 bits per heavy atom. The van der Waals surface area contributed by atoms with Gasteiger partial charge in [-0.15, -0.1) is 0 Å². The molecule has 0 aromatic carbocycles. The molecule has 0 unspecified atom stereocenters. The van der Waals surface area contributed by atoms with Crippen LogP contribution in [0.25, 0.3) is 0 Å². The van der Waals surface area contributed by atoms with E-state index in [9.17, 15) is 4.79 Å². The van der Waals surface area contributed by atoms with E-state index in [2.05, 4.69) is 9.97 Å². The molecular weight excluding hydrogens is 306 g/mol. The Hall–Kier alpha value is -2.18. The molecule has 3 rings (SSSR count). The number of nitrogens with one attached hydrogen (secondary N) is 1. The predicted molar refractivity (Wildman–Crippen MR) is 89.8 cm³/mol. The van der Waals surface area contributed by atoms with Gasteiger partial charge in [0.2, 0.25) is 0 Å². The fourth-order valence-corrected chi connectivity index (χ4v) is 3.17. The summed E-state index contributed by atoms with van der Waals surface area (Å²) in [4.78, 5) is 21.9. The molecule has 0 bridgehead atoms. The lowest BCUT2D eigenvalue weighted by Crippen LogP contribution is -2.42. The summed E-state index contributed by atoms with van der Waals surface area (Å²) in [5, 5.41) is 0. The number of likely N-dealkylation sites (tertiary alicyclic amines) is 1. The van der Waals surface area contributed by atoms with E-state index in [0.717, 1.165) is 18.4 Å². The maximum atomic E-state index is 12.8. The van der Waals surface area contributed by atoms with Crippen LogP contribution in [0.5, 0.6) is 0 Å². The van der Waals surface area contributed by atoms with Crippen LogP contribution in [0.2, 0.25) is 0 Å². The molecule has 1 saturated heterocycles. The number of methoxy groups -OCH3 is 1. The van der Waals surface area contributed by atoms with Gasteiger partial charge in [0.05, 0.1) is 25.4 Å². The second-order valence-corrected chi connectivity index (χ2v) is 5.91. The van der Waals surface area contributed by atoms with E-state index in [-0.39, 0.29) is 18.1 Å². The molecule has 128 valence electrons. The zero-order valence-electron chi connectivity index (χ0n) is 13.9. The van der Waals surface area contributed by atoms with Crippen LogP contribution in [0.15, 0.2) is 42.9 Å². The second-order valence-electron chi connectivity index (χ2n) is 5.91. The van der Waals surface area contributed by atoms with Gasteiger partial charge >= 0.3 is 0 Å². The van der Waals surface area contributed by atoms with Crippen molar-refractivity contribution in [2.24, 2.45) is 0 Å². The third-order valence-corrected chi connectivity index (χ3v) is 4.36. The summed E-state index contributed by atoms with van der Waals surface area (Å²) < 4.78 is 11.0. The summed E-state index contributed by atoms with van der Waals surface area (Å²) in [7, 11) is 1.66. The van der Waals surface area contributed by atoms with E-state index >= 15 is 0 Å². The van der Waals surface area contributed by atoms with Gasteiger partial charge in [-0.25, -0.2) is 0 Å². The fourth-order valence-electron chi connectivity index (χ4n) is 3.17. The van der Waals surface area contributed by atoms with Crippen LogP contribution in [0.1, 0.15) is 22.5 Å². The maximum Gasteiger partial charge on any atom is 0.270 e. The summed E-state index contributed by atoms with van der Waals surface area (Å²) in [5.74, 6) is 0.0201. The monoisotopic (exact) mass is 329 g/mol. The van der Waals surface area contributed by atoms with Gasteiger partial charge in [0.15, 0.2) is 0 Å². The largest absolute Gasteiger partial charge is 0.382 e. The third kappa shape index (κ3) is 3.83. The quantitative estimate of drug-likeness (QED) is 0.788. The fraction of sp³-hybridized carbons (Fsp3) is 0.444. The first-order valence-electron chi connectivity index (χ1n) is 8.23. The van der Waals surface area contributed by atoms with E-state index in [0.29, 0.717) is 25.5 Å². The third-order valence-electron chi connectivity index (χ3n) is 4.36. The average molecular weight is 329 g/mol. The molecule has 2 atom stereocenters. The van der Waals surface area contributed by atoms with Crippen molar-refractivity contribution >= 4 is 5.91 Å². The summed E-state index contributed by atoms with van der Waals surface area (Å²) >= 11 is 0. The lowest BCUT2D eigenvalue weighted by atomic mass is 10.0. The first-order chi connectivity index (χ1) is 11.8. The summed E-state index contributed by atoms with van der Waals surface area (Å²) in [6, 6.07) is 7.60. The van der Waals surface area contributed by atoms with Crippen molar-refractivity contribution in [1.82, 2.24) is 14.9 Å². The van der Waals surface area contributed by atoms with E-state index in [1.165, 1.54) is 0 Å². The lowest BCUT2D eigenvalue weighted by Gasteiger charge is -2.28. The molecule has 0 spiro atoms. The Morgan fingerprint density at radius 2 is 2.29 bits per heavy atom. The van der Waals surface area contributed by atoms with Gasteiger partial charge in [0.25, 0.3) is 5.91 Å². The SMILES string of the molecule is COCCO[C@H]1CCN(C(=O)c2ccc[nH]2)[C@H]1Cc1cccnc1. The molecule has 0 radical (unpaired) electrons. The van der Waals surface area contributed by atoms with Crippen molar-refractivity contribution in [2.45, 2.75) is 25.0 Å². The molecule has 6 heteroatoms. The molecule has 0 aliphatic carbocycles. The van der Waals surface area contributed by atoms with Gasteiger partial charge < -0.3 is 19.4 Å². The number of carbonyl (C=O) groups excluding carboxylic acids is 1. The highest BCUT2D eigenvalue weighted by Gasteiger charge is 2.38. The number of carbonyl (C=O) groups is 1. The van der Waals surface area contributed by atoms with Crippen LogP contribution < -0.4 is 0 Å². The van der Waals surface area contributed by atoms with Gasteiger partial charge in [0.1, 0.15) is 5.69 Å². The summed E-state index contributed by atoms with van der Waals surface area (Å²) in [5.41, 5.74) is 1.72. The Kier molecular flexibility index (Phi) is 5.61. The van der Waals surface area contributed by atoms with Crippen molar-refractivity contribution in [3.63, 3.8) is 0 Å². The van der Waals surface area contributed by atoms with E-state index < -0.39 is 0 Å². The van der Waals surface area contributed by atoms with Crippen molar-refractivity contribution in [3.8, 4) is 0 Å². The van der Waals surface area contributed by atoms with Crippen molar-refractivity contribution in [3.05, 3.63) is 54.1 Å². The number of aromatic amines is 1. The number of pyridine rings is 1. The summed E-state index contributed by atoms with van der Waals surface area (Å²) in [6.07, 6.45) is 6.96. The maximum absolute atomic E-state index is 12.8. The molecule has 6 nitrogen and oxygen atoms in total. The number of ether oxygens (including phenoxy) is 2. The number of H-pyrrole nitrogens is 1. The number of aromatic nitrogens is 2. The Labute approximate surface area is 141 Å². The van der Waals surface area contributed by atoms with Crippen molar-refractivity contribution < 1.29 is 14.3 Å². The topological polar surface area (TPSA) is 67.5 Å². The molecule has 1 N–H and O–H groups in total. The predicted octanol–water partition coefficient (Wildman–Crippen LogP) is 1.90. The smallest absolute Gasteiger partial charge is 0.270 e. The van der Waals surface area contributed by atoms with Crippen molar-refractivity contribution in [1.29, 1.82) is 0 Å². The minimum atomic E-state index is 0.00172. The molecule has 1 amide bonds. The number of hydrogen-bond acceptors (Lipinski definition) is 4. The highest BCUT2D eigenvalue weighted by atomic mass is 16.5. The van der Waals surface area contributed by atoms with Crippen molar-refractivity contribution in [2.75, 3.05) is 26.9 Å². The van der Waals surface area contributed by atoms with Crippen LogP contribution in [0, 0.1) is 0 Å². The first-order valence-corrected chi connectivity index (χ1v) is 8.23. The second kappa shape index (κ2) is 8.08. The van der Waals surface area contributed by atoms with Crippen LogP contribution >= 0.6 is 0 Å². The highest BCUT2D eigenvalue weighted by Crippen LogP contribution is 2.26. The number of nitrogens with zero attached hydrogens (tertiary/aromatic N) is 2. The van der Waals surface area contributed by atoms with Gasteiger partial charge in [-0.05, 0) is 36.6 Å². The molecule has 2 aromatic heterocycles. The molecule has 24 heavy (non-hydrogen) atoms. The van der Waals surface area contributed by atoms with E-state index in [1.807, 2.05) is 35.4 Å². The first kappa shape index (κ1) is 16.7. The van der Waals surface area contributed by atoms with Gasteiger partial charge in [-0.1, -0.05) is 6.07 Å². The molecular formula is C18H23N3O3. The Morgan fingerprint density at radius 1 is 1.38 bits per heavy atom. The van der Waals surface area contributed by atoms with Crippen LogP contribution in [-0.2, 0) is 15.9 Å². The highest BCUT2D eigenvalue weighted by molar-refractivity contribution is 5.92. The zero-order valence-corrected chi connectivity index (χ0v) is 13.9. The van der Waals surface area contributed by atoms with Gasteiger partial charge in [-0.3, -0.25) is 9.78 Å². The Bertz CT molecular complexity index is 630. The molecule has 0 saturated carbocycles.